The smallest absolute Gasteiger partial charge is 0.387 e. The Hall–Kier alpha value is -0.740. The SMILES string of the molecule is N=C(N)C1CC1C(F)(F)F. The Balaban J connectivity index is 2.46. The van der Waals surface area contributed by atoms with Gasteiger partial charge in [-0.3, -0.25) is 5.41 Å². The summed E-state index contributed by atoms with van der Waals surface area (Å²) in [7, 11) is 0. The van der Waals surface area contributed by atoms with Gasteiger partial charge >= 0.3 is 6.18 Å². The van der Waals surface area contributed by atoms with Crippen LogP contribution in [0, 0.1) is 17.2 Å². The third-order valence-electron chi connectivity index (χ3n) is 1.61. The van der Waals surface area contributed by atoms with Crippen molar-refractivity contribution >= 4 is 5.84 Å². The van der Waals surface area contributed by atoms with Gasteiger partial charge < -0.3 is 5.73 Å². The van der Waals surface area contributed by atoms with E-state index in [1.807, 2.05) is 0 Å². The molecular formula is C5H7F3N2. The van der Waals surface area contributed by atoms with Crippen molar-refractivity contribution in [3.63, 3.8) is 0 Å². The van der Waals surface area contributed by atoms with Gasteiger partial charge in [-0.05, 0) is 6.42 Å². The normalized spacial score (nSPS) is 31.9. The van der Waals surface area contributed by atoms with E-state index in [2.05, 4.69) is 0 Å². The van der Waals surface area contributed by atoms with Gasteiger partial charge in [0, 0.05) is 5.92 Å². The first-order valence-corrected chi connectivity index (χ1v) is 2.83. The minimum atomic E-state index is -4.16. The number of rotatable bonds is 1. The van der Waals surface area contributed by atoms with E-state index in [9.17, 15) is 13.2 Å². The molecule has 5 heteroatoms. The molecule has 0 aliphatic heterocycles. The Kier molecular flexibility index (Phi) is 1.38. The molecular weight excluding hydrogens is 145 g/mol. The molecule has 0 spiro atoms. The van der Waals surface area contributed by atoms with E-state index < -0.39 is 18.0 Å². The number of halogens is 3. The predicted molar refractivity (Wildman–Crippen MR) is 29.6 cm³/mol. The molecule has 1 fully saturated rings. The Morgan fingerprint density at radius 1 is 1.50 bits per heavy atom. The number of hydrogen-bond acceptors (Lipinski definition) is 1. The molecule has 1 rings (SSSR count). The molecule has 1 aliphatic carbocycles. The fourth-order valence-corrected chi connectivity index (χ4v) is 0.900. The zero-order chi connectivity index (χ0) is 7.94. The average Bonchev–Trinajstić information content (AvgIpc) is 2.35. The summed E-state index contributed by atoms with van der Waals surface area (Å²) in [5.41, 5.74) is 4.87. The molecule has 58 valence electrons. The van der Waals surface area contributed by atoms with Crippen molar-refractivity contribution in [1.29, 1.82) is 5.41 Å². The molecule has 0 heterocycles. The van der Waals surface area contributed by atoms with E-state index in [1.165, 1.54) is 0 Å². The van der Waals surface area contributed by atoms with Crippen molar-refractivity contribution in [3.8, 4) is 0 Å². The van der Waals surface area contributed by atoms with Crippen LogP contribution in [0.5, 0.6) is 0 Å². The third kappa shape index (κ3) is 1.22. The van der Waals surface area contributed by atoms with Crippen LogP contribution in [0.1, 0.15) is 6.42 Å². The Morgan fingerprint density at radius 3 is 2.10 bits per heavy atom. The second-order valence-electron chi connectivity index (χ2n) is 2.45. The van der Waals surface area contributed by atoms with Crippen LogP contribution in [0.25, 0.3) is 0 Å². The van der Waals surface area contributed by atoms with Crippen molar-refractivity contribution in [1.82, 2.24) is 0 Å². The van der Waals surface area contributed by atoms with Crippen molar-refractivity contribution in [3.05, 3.63) is 0 Å². The Morgan fingerprint density at radius 2 is 2.00 bits per heavy atom. The molecule has 0 aromatic carbocycles. The van der Waals surface area contributed by atoms with Crippen LogP contribution in [-0.4, -0.2) is 12.0 Å². The molecule has 0 bridgehead atoms. The van der Waals surface area contributed by atoms with Gasteiger partial charge in [0.1, 0.15) is 0 Å². The maximum Gasteiger partial charge on any atom is 0.392 e. The second kappa shape index (κ2) is 1.87. The highest BCUT2D eigenvalue weighted by Gasteiger charge is 2.56. The zero-order valence-corrected chi connectivity index (χ0v) is 5.07. The minimum absolute atomic E-state index is 0.00116. The third-order valence-corrected chi connectivity index (χ3v) is 1.61. The maximum absolute atomic E-state index is 11.7. The summed E-state index contributed by atoms with van der Waals surface area (Å²) in [5.74, 6) is -2.42. The number of nitrogens with one attached hydrogen (secondary N) is 1. The van der Waals surface area contributed by atoms with Crippen LogP contribution < -0.4 is 5.73 Å². The first-order valence-electron chi connectivity index (χ1n) is 2.83. The lowest BCUT2D eigenvalue weighted by molar-refractivity contribution is -0.149. The van der Waals surface area contributed by atoms with Crippen LogP contribution in [-0.2, 0) is 0 Å². The summed E-state index contributed by atoms with van der Waals surface area (Å²) >= 11 is 0. The Labute approximate surface area is 55.7 Å². The molecule has 3 N–H and O–H groups in total. The monoisotopic (exact) mass is 152 g/mol. The van der Waals surface area contributed by atoms with E-state index in [4.69, 9.17) is 11.1 Å². The van der Waals surface area contributed by atoms with Gasteiger partial charge in [-0.15, -0.1) is 0 Å². The van der Waals surface area contributed by atoms with Crippen molar-refractivity contribution in [2.75, 3.05) is 0 Å². The number of hydrogen-bond donors (Lipinski definition) is 2. The predicted octanol–water partition coefficient (Wildman–Crippen LogP) is 1.12. The fraction of sp³-hybridized carbons (Fsp3) is 0.800. The molecule has 0 aromatic heterocycles. The van der Waals surface area contributed by atoms with Gasteiger partial charge in [-0.25, -0.2) is 0 Å². The molecule has 0 amide bonds. The summed E-state index contributed by atoms with van der Waals surface area (Å²) in [5, 5.41) is 6.70. The summed E-state index contributed by atoms with van der Waals surface area (Å²) in [6.45, 7) is 0. The van der Waals surface area contributed by atoms with Crippen LogP contribution in [0.15, 0.2) is 0 Å². The topological polar surface area (TPSA) is 49.9 Å². The molecule has 0 saturated heterocycles. The minimum Gasteiger partial charge on any atom is -0.387 e. The average molecular weight is 152 g/mol. The van der Waals surface area contributed by atoms with E-state index in [0.717, 1.165) is 0 Å². The molecule has 2 atom stereocenters. The summed E-state index contributed by atoms with van der Waals surface area (Å²) in [6.07, 6.45) is -4.16. The molecule has 2 unspecified atom stereocenters. The van der Waals surface area contributed by atoms with Gasteiger partial charge in [-0.1, -0.05) is 0 Å². The van der Waals surface area contributed by atoms with E-state index in [-0.39, 0.29) is 12.3 Å². The highest BCUT2D eigenvalue weighted by atomic mass is 19.4. The van der Waals surface area contributed by atoms with Gasteiger partial charge in [-0.2, -0.15) is 13.2 Å². The van der Waals surface area contributed by atoms with Crippen molar-refractivity contribution < 1.29 is 13.2 Å². The highest BCUT2D eigenvalue weighted by Crippen LogP contribution is 2.49. The van der Waals surface area contributed by atoms with Gasteiger partial charge in [0.25, 0.3) is 0 Å². The van der Waals surface area contributed by atoms with Crippen LogP contribution in [0.4, 0.5) is 13.2 Å². The van der Waals surface area contributed by atoms with Gasteiger partial charge in [0.15, 0.2) is 0 Å². The highest BCUT2D eigenvalue weighted by molar-refractivity contribution is 5.82. The van der Waals surface area contributed by atoms with E-state index >= 15 is 0 Å². The quantitative estimate of drug-likeness (QED) is 0.429. The lowest BCUT2D eigenvalue weighted by Gasteiger charge is -2.02. The van der Waals surface area contributed by atoms with E-state index in [1.54, 1.807) is 0 Å². The van der Waals surface area contributed by atoms with Crippen LogP contribution in [0.3, 0.4) is 0 Å². The molecule has 2 nitrogen and oxygen atoms in total. The van der Waals surface area contributed by atoms with Crippen LogP contribution in [0.2, 0.25) is 0 Å². The van der Waals surface area contributed by atoms with Crippen LogP contribution >= 0.6 is 0 Å². The molecule has 0 radical (unpaired) electrons. The fourth-order valence-electron chi connectivity index (χ4n) is 0.900. The summed E-state index contributed by atoms with van der Waals surface area (Å²) < 4.78 is 35.1. The molecule has 1 saturated carbocycles. The first kappa shape index (κ1) is 7.37. The van der Waals surface area contributed by atoms with E-state index in [0.29, 0.717) is 0 Å². The van der Waals surface area contributed by atoms with Gasteiger partial charge in [0.05, 0.1) is 11.8 Å². The molecule has 0 aromatic rings. The summed E-state index contributed by atoms with van der Waals surface area (Å²) in [6, 6.07) is 0. The molecule has 10 heavy (non-hydrogen) atoms. The maximum atomic E-state index is 11.7. The van der Waals surface area contributed by atoms with Gasteiger partial charge in [0.2, 0.25) is 0 Å². The number of nitrogens with two attached hydrogens (primary N) is 1. The lowest BCUT2D eigenvalue weighted by atomic mass is 10.3. The largest absolute Gasteiger partial charge is 0.392 e. The van der Waals surface area contributed by atoms with Crippen molar-refractivity contribution in [2.45, 2.75) is 12.6 Å². The van der Waals surface area contributed by atoms with Crippen molar-refractivity contribution in [2.24, 2.45) is 17.6 Å². The number of amidine groups is 1. The molecule has 1 aliphatic rings. The Bertz CT molecular complexity index is 163. The standard InChI is InChI=1S/C5H7F3N2/c6-5(7,8)3-1-2(3)4(9)10/h2-3H,1H2,(H3,9,10). The second-order valence-corrected chi connectivity index (χ2v) is 2.45. The zero-order valence-electron chi connectivity index (χ0n) is 5.07. The lowest BCUT2D eigenvalue weighted by Crippen LogP contribution is -2.19. The first-order chi connectivity index (χ1) is 4.43. The number of alkyl halides is 3. The summed E-state index contributed by atoms with van der Waals surface area (Å²) in [4.78, 5) is 0.